The molecule has 2 aliphatic rings. The minimum Gasteiger partial charge on any atom is -0.392 e. The Morgan fingerprint density at radius 1 is 1.17 bits per heavy atom. The Hall–Kier alpha value is -2.38. The maximum Gasteiger partial charge on any atom is 0.280 e. The molecule has 1 amide bonds. The van der Waals surface area contributed by atoms with Crippen molar-refractivity contribution in [3.63, 3.8) is 0 Å². The molecule has 1 aromatic heterocycles. The van der Waals surface area contributed by atoms with E-state index < -0.39 is 15.9 Å². The molecule has 1 aliphatic heterocycles. The first-order chi connectivity index (χ1) is 17.3. The predicted octanol–water partition coefficient (Wildman–Crippen LogP) is 3.23. The molecular weight excluding hydrogens is 504 g/mol. The van der Waals surface area contributed by atoms with Gasteiger partial charge in [0.15, 0.2) is 10.8 Å². The van der Waals surface area contributed by atoms with Crippen LogP contribution >= 0.6 is 11.3 Å². The van der Waals surface area contributed by atoms with Gasteiger partial charge in [0.25, 0.3) is 5.91 Å². The van der Waals surface area contributed by atoms with Gasteiger partial charge in [0.05, 0.1) is 11.0 Å². The van der Waals surface area contributed by atoms with Gasteiger partial charge in [0.2, 0.25) is 10.0 Å². The van der Waals surface area contributed by atoms with E-state index in [4.69, 9.17) is 14.3 Å². The van der Waals surface area contributed by atoms with Gasteiger partial charge >= 0.3 is 0 Å². The van der Waals surface area contributed by atoms with Gasteiger partial charge in [-0.3, -0.25) is 10.1 Å². The predicted molar refractivity (Wildman–Crippen MR) is 137 cm³/mol. The number of aryl methyl sites for hydroxylation is 1. The van der Waals surface area contributed by atoms with Crippen LogP contribution in [0.3, 0.4) is 0 Å². The van der Waals surface area contributed by atoms with Gasteiger partial charge in [0, 0.05) is 48.9 Å². The number of amides is 1. The number of sulfonamides is 1. The van der Waals surface area contributed by atoms with E-state index >= 15 is 0 Å². The number of ether oxygens (including phenoxy) is 2. The fourth-order valence-electron chi connectivity index (χ4n) is 4.20. The number of carbonyl (C=O) groups is 1. The van der Waals surface area contributed by atoms with E-state index in [1.807, 2.05) is 13.8 Å². The summed E-state index contributed by atoms with van der Waals surface area (Å²) in [6, 6.07) is 5.89. The molecule has 4 rings (SSSR count). The number of rotatable bonds is 10. The average molecular weight is 537 g/mol. The van der Waals surface area contributed by atoms with Gasteiger partial charge < -0.3 is 14.3 Å². The van der Waals surface area contributed by atoms with Gasteiger partial charge in [-0.15, -0.1) is 11.3 Å². The van der Waals surface area contributed by atoms with Crippen molar-refractivity contribution in [3.05, 3.63) is 40.9 Å². The first-order valence-corrected chi connectivity index (χ1v) is 14.4. The van der Waals surface area contributed by atoms with E-state index in [9.17, 15) is 13.2 Å². The Labute approximate surface area is 215 Å². The summed E-state index contributed by atoms with van der Waals surface area (Å²) in [5.41, 5.74) is 0.481. The molecule has 2 fully saturated rings. The van der Waals surface area contributed by atoms with Crippen LogP contribution in [0, 0.1) is 6.92 Å². The maximum atomic E-state index is 13.1. The monoisotopic (exact) mass is 536 g/mol. The van der Waals surface area contributed by atoms with E-state index in [2.05, 4.69) is 20.2 Å². The van der Waals surface area contributed by atoms with E-state index in [-0.39, 0.29) is 28.9 Å². The van der Waals surface area contributed by atoms with Crippen molar-refractivity contribution >= 4 is 38.1 Å². The van der Waals surface area contributed by atoms with Crippen LogP contribution in [0.5, 0.6) is 0 Å². The lowest BCUT2D eigenvalue weighted by atomic mass is 10.1. The van der Waals surface area contributed by atoms with Crippen molar-refractivity contribution in [2.24, 2.45) is 5.16 Å². The number of benzene rings is 1. The summed E-state index contributed by atoms with van der Waals surface area (Å²) in [5.74, 6) is -0.486. The Balaban J connectivity index is 1.51. The molecule has 1 saturated heterocycles. The molecule has 1 saturated carbocycles. The van der Waals surface area contributed by atoms with Crippen molar-refractivity contribution in [2.45, 2.75) is 69.1 Å². The first kappa shape index (κ1) is 26.7. The molecule has 12 heteroatoms. The minimum atomic E-state index is -3.70. The van der Waals surface area contributed by atoms with Crippen LogP contribution in [-0.4, -0.2) is 63.1 Å². The molecule has 196 valence electrons. The number of carbonyl (C=O) groups excluding carboxylic acids is 1. The zero-order valence-electron chi connectivity index (χ0n) is 20.4. The summed E-state index contributed by atoms with van der Waals surface area (Å²) in [6.07, 6.45) is 5.26. The molecule has 2 N–H and O–H groups in total. The molecule has 0 radical (unpaired) electrons. The van der Waals surface area contributed by atoms with Gasteiger partial charge in [-0.25, -0.2) is 18.1 Å². The second-order valence-electron chi connectivity index (χ2n) is 8.82. The molecule has 2 heterocycles. The highest BCUT2D eigenvalue weighted by Crippen LogP contribution is 2.25. The fourth-order valence-corrected chi connectivity index (χ4v) is 6.16. The number of oxime groups is 1. The summed E-state index contributed by atoms with van der Waals surface area (Å²) in [6.45, 7) is 5.56. The van der Waals surface area contributed by atoms with Crippen LogP contribution < -0.4 is 10.0 Å². The summed E-state index contributed by atoms with van der Waals surface area (Å²) >= 11 is 1.35. The zero-order chi connectivity index (χ0) is 25.5. The van der Waals surface area contributed by atoms with E-state index in [0.717, 1.165) is 17.7 Å². The second-order valence-corrected chi connectivity index (χ2v) is 11.8. The summed E-state index contributed by atoms with van der Waals surface area (Å²) < 4.78 is 39.4. The number of aromatic nitrogens is 1. The highest BCUT2D eigenvalue weighted by Gasteiger charge is 2.28. The highest BCUT2D eigenvalue weighted by molar-refractivity contribution is 7.89. The Morgan fingerprint density at radius 3 is 2.56 bits per heavy atom. The SMILES string of the molecule is CCO[C@@H]1CC[C@@H](ON=C(C(=O)Nc2ncc(C)s2)c2ccc(S(=O)(=O)NC3CCOCC3)cc2)C1. The van der Waals surface area contributed by atoms with Gasteiger partial charge in [-0.05, 0) is 51.7 Å². The van der Waals surface area contributed by atoms with Crippen molar-refractivity contribution in [3.8, 4) is 0 Å². The molecule has 0 unspecified atom stereocenters. The fraction of sp³-hybridized carbons (Fsp3) is 0.542. The lowest BCUT2D eigenvalue weighted by molar-refractivity contribution is -0.110. The normalized spacial score (nSPS) is 21.4. The van der Waals surface area contributed by atoms with Crippen molar-refractivity contribution in [1.82, 2.24) is 9.71 Å². The molecule has 0 bridgehead atoms. The molecule has 1 aliphatic carbocycles. The van der Waals surface area contributed by atoms with Crippen LogP contribution in [0.4, 0.5) is 5.13 Å². The van der Waals surface area contributed by atoms with E-state index in [1.165, 1.54) is 23.5 Å². The Kier molecular flexibility index (Phi) is 9.07. The largest absolute Gasteiger partial charge is 0.392 e. The molecule has 10 nitrogen and oxygen atoms in total. The molecule has 36 heavy (non-hydrogen) atoms. The van der Waals surface area contributed by atoms with Crippen molar-refractivity contribution in [2.75, 3.05) is 25.1 Å². The number of thiazole rings is 1. The van der Waals surface area contributed by atoms with Crippen LogP contribution in [0.15, 0.2) is 40.5 Å². The van der Waals surface area contributed by atoms with Crippen molar-refractivity contribution < 1.29 is 27.5 Å². The molecule has 1 aromatic carbocycles. The third kappa shape index (κ3) is 7.10. The van der Waals surface area contributed by atoms with Crippen molar-refractivity contribution in [1.29, 1.82) is 0 Å². The number of nitrogens with zero attached hydrogens (tertiary/aromatic N) is 2. The molecule has 0 spiro atoms. The third-order valence-electron chi connectivity index (χ3n) is 6.07. The Morgan fingerprint density at radius 2 is 1.89 bits per heavy atom. The standard InChI is InChI=1S/C24H32N4O6S2/c1-3-33-19-6-7-20(14-19)34-27-22(23(29)26-24-25-15-16(2)35-24)17-4-8-21(9-5-17)36(30,31)28-18-10-12-32-13-11-18/h4-5,8-9,15,18-20,28H,3,6-7,10-14H2,1-2H3,(H,25,26,29)/t19-,20-/m1/s1. The lowest BCUT2D eigenvalue weighted by Crippen LogP contribution is -2.38. The van der Waals surface area contributed by atoms with Crippen LogP contribution in [-0.2, 0) is 29.1 Å². The quantitative estimate of drug-likeness (QED) is 0.352. The van der Waals surface area contributed by atoms with Gasteiger partial charge in [-0.2, -0.15) is 0 Å². The maximum absolute atomic E-state index is 13.1. The summed E-state index contributed by atoms with van der Waals surface area (Å²) in [7, 11) is -3.70. The van der Waals surface area contributed by atoms with Crippen LogP contribution in [0.2, 0.25) is 0 Å². The van der Waals surface area contributed by atoms with E-state index in [1.54, 1.807) is 18.3 Å². The smallest absolute Gasteiger partial charge is 0.280 e. The number of nitrogens with one attached hydrogen (secondary N) is 2. The lowest BCUT2D eigenvalue weighted by Gasteiger charge is -2.23. The second kappa shape index (κ2) is 12.2. The number of anilines is 1. The number of hydrogen-bond donors (Lipinski definition) is 2. The Bertz CT molecular complexity index is 1160. The van der Waals surface area contributed by atoms with E-state index in [0.29, 0.717) is 49.8 Å². The average Bonchev–Trinajstić information content (AvgIpc) is 3.48. The van der Waals surface area contributed by atoms with Crippen LogP contribution in [0.25, 0.3) is 0 Å². The van der Waals surface area contributed by atoms with Gasteiger partial charge in [0.1, 0.15) is 6.10 Å². The molecular formula is C24H32N4O6S2. The summed E-state index contributed by atoms with van der Waals surface area (Å²) in [5, 5.41) is 7.41. The highest BCUT2D eigenvalue weighted by atomic mass is 32.2. The summed E-state index contributed by atoms with van der Waals surface area (Å²) in [4.78, 5) is 24.1. The molecule has 2 atom stereocenters. The van der Waals surface area contributed by atoms with Gasteiger partial charge in [-0.1, -0.05) is 17.3 Å². The molecule has 2 aromatic rings. The third-order valence-corrected chi connectivity index (χ3v) is 8.43. The minimum absolute atomic E-state index is 0.0454. The van der Waals surface area contributed by atoms with Crippen LogP contribution in [0.1, 0.15) is 49.5 Å². The first-order valence-electron chi connectivity index (χ1n) is 12.1. The number of hydrogen-bond acceptors (Lipinski definition) is 9. The topological polar surface area (TPSA) is 128 Å². The zero-order valence-corrected chi connectivity index (χ0v) is 22.1.